The Hall–Kier alpha value is -1.17. The normalized spacial score (nSPS) is 12.8. The molecule has 0 unspecified atom stereocenters. The highest BCUT2D eigenvalue weighted by atomic mass is 19.4. The van der Waals surface area contributed by atoms with Crippen LogP contribution in [0, 0.1) is 6.92 Å². The van der Waals surface area contributed by atoms with Gasteiger partial charge in [-0.15, -0.1) is 0 Å². The maximum absolute atomic E-state index is 12.3. The molecule has 1 rings (SSSR count). The molecular weight excluding hydrogens is 243 g/mol. The summed E-state index contributed by atoms with van der Waals surface area (Å²) in [5, 5.41) is 3.18. The van der Waals surface area contributed by atoms with Crippen LogP contribution in [0.4, 0.5) is 13.2 Å². The number of hydrogen-bond donors (Lipinski definition) is 1. The predicted octanol–water partition coefficient (Wildman–Crippen LogP) is 2.78. The van der Waals surface area contributed by atoms with E-state index < -0.39 is 12.6 Å². The summed E-state index contributed by atoms with van der Waals surface area (Å²) < 4.78 is 36.9. The fourth-order valence-corrected chi connectivity index (χ4v) is 1.40. The van der Waals surface area contributed by atoms with Gasteiger partial charge in [-0.05, 0) is 33.8 Å². The fraction of sp³-hybridized carbons (Fsp3) is 0.667. The van der Waals surface area contributed by atoms with Gasteiger partial charge in [0.25, 0.3) is 0 Å². The molecule has 0 aliphatic carbocycles. The van der Waals surface area contributed by atoms with Crippen molar-refractivity contribution in [3.05, 3.63) is 23.3 Å². The first-order valence-electron chi connectivity index (χ1n) is 5.70. The Morgan fingerprint density at radius 3 is 2.28 bits per heavy atom. The van der Waals surface area contributed by atoms with Gasteiger partial charge in [-0.1, -0.05) is 0 Å². The van der Waals surface area contributed by atoms with Gasteiger partial charge in [0.2, 0.25) is 0 Å². The fourth-order valence-electron chi connectivity index (χ4n) is 1.40. The predicted molar refractivity (Wildman–Crippen MR) is 63.1 cm³/mol. The minimum atomic E-state index is -4.28. The summed E-state index contributed by atoms with van der Waals surface area (Å²) in [7, 11) is 0. The molecule has 0 bridgehead atoms. The SMILES string of the molecule is Cc1cc(CNC(C)(C)C)nc(CC(F)(F)F)n1. The number of aryl methyl sites for hydroxylation is 1. The molecule has 3 nitrogen and oxygen atoms in total. The average Bonchev–Trinajstić information content (AvgIpc) is 2.09. The van der Waals surface area contributed by atoms with Gasteiger partial charge in [-0.25, -0.2) is 9.97 Å². The molecule has 18 heavy (non-hydrogen) atoms. The second kappa shape index (κ2) is 5.22. The molecule has 0 aliphatic rings. The van der Waals surface area contributed by atoms with Crippen molar-refractivity contribution in [2.24, 2.45) is 0 Å². The lowest BCUT2D eigenvalue weighted by Crippen LogP contribution is -2.35. The highest BCUT2D eigenvalue weighted by Crippen LogP contribution is 2.19. The smallest absolute Gasteiger partial charge is 0.306 e. The molecule has 1 N–H and O–H groups in total. The molecule has 0 radical (unpaired) electrons. The van der Waals surface area contributed by atoms with E-state index >= 15 is 0 Å². The molecule has 0 saturated carbocycles. The molecule has 0 spiro atoms. The zero-order chi connectivity index (χ0) is 14.0. The zero-order valence-corrected chi connectivity index (χ0v) is 11.0. The summed E-state index contributed by atoms with van der Waals surface area (Å²) in [4.78, 5) is 7.73. The summed E-state index contributed by atoms with van der Waals surface area (Å²) in [6.07, 6.45) is -5.36. The van der Waals surface area contributed by atoms with Crippen LogP contribution in [-0.4, -0.2) is 21.7 Å². The summed E-state index contributed by atoms with van der Waals surface area (Å²) >= 11 is 0. The van der Waals surface area contributed by atoms with Crippen LogP contribution in [0.2, 0.25) is 0 Å². The quantitative estimate of drug-likeness (QED) is 0.909. The lowest BCUT2D eigenvalue weighted by Gasteiger charge is -2.20. The van der Waals surface area contributed by atoms with Crippen molar-refractivity contribution in [3.63, 3.8) is 0 Å². The summed E-state index contributed by atoms with van der Waals surface area (Å²) in [6, 6.07) is 1.69. The number of halogens is 3. The second-order valence-electron chi connectivity index (χ2n) is 5.31. The first kappa shape index (κ1) is 14.9. The van der Waals surface area contributed by atoms with Gasteiger partial charge < -0.3 is 5.32 Å². The van der Waals surface area contributed by atoms with E-state index in [0.717, 1.165) is 0 Å². The number of aromatic nitrogens is 2. The van der Waals surface area contributed by atoms with E-state index in [2.05, 4.69) is 15.3 Å². The number of nitrogens with one attached hydrogen (secondary N) is 1. The Morgan fingerprint density at radius 1 is 1.17 bits per heavy atom. The highest BCUT2D eigenvalue weighted by Gasteiger charge is 2.29. The van der Waals surface area contributed by atoms with Crippen LogP contribution in [0.3, 0.4) is 0 Å². The van der Waals surface area contributed by atoms with E-state index in [1.54, 1.807) is 13.0 Å². The van der Waals surface area contributed by atoms with Crippen LogP contribution in [0.25, 0.3) is 0 Å². The minimum Gasteiger partial charge on any atom is -0.306 e. The Balaban J connectivity index is 2.81. The Morgan fingerprint density at radius 2 is 1.78 bits per heavy atom. The van der Waals surface area contributed by atoms with Crippen molar-refractivity contribution in [3.8, 4) is 0 Å². The molecule has 0 saturated heterocycles. The van der Waals surface area contributed by atoms with Gasteiger partial charge in [0.15, 0.2) is 0 Å². The summed E-state index contributed by atoms with van der Waals surface area (Å²) in [5.74, 6) is -0.173. The van der Waals surface area contributed by atoms with Crippen LogP contribution < -0.4 is 5.32 Å². The molecular formula is C12H18F3N3. The number of alkyl halides is 3. The first-order chi connectivity index (χ1) is 8.05. The van der Waals surface area contributed by atoms with Crippen LogP contribution in [0.1, 0.15) is 38.0 Å². The van der Waals surface area contributed by atoms with Gasteiger partial charge in [0, 0.05) is 17.8 Å². The number of rotatable bonds is 3. The standard InChI is InChI=1S/C12H18F3N3/c1-8-5-9(7-16-11(2,3)4)18-10(17-8)6-12(13,14)15/h5,16H,6-7H2,1-4H3. The molecule has 0 aromatic carbocycles. The van der Waals surface area contributed by atoms with Crippen LogP contribution >= 0.6 is 0 Å². The topological polar surface area (TPSA) is 37.8 Å². The summed E-state index contributed by atoms with van der Waals surface area (Å²) in [5.41, 5.74) is 1.02. The molecule has 6 heteroatoms. The third kappa shape index (κ3) is 5.95. The third-order valence-corrected chi connectivity index (χ3v) is 2.11. The van der Waals surface area contributed by atoms with Gasteiger partial charge in [0.1, 0.15) is 12.2 Å². The van der Waals surface area contributed by atoms with Crippen LogP contribution in [0.15, 0.2) is 6.07 Å². The van der Waals surface area contributed by atoms with Crippen LogP contribution in [-0.2, 0) is 13.0 Å². The Labute approximate surface area is 105 Å². The minimum absolute atomic E-state index is 0.108. The van der Waals surface area contributed by atoms with E-state index in [1.165, 1.54) is 0 Å². The lowest BCUT2D eigenvalue weighted by molar-refractivity contribution is -0.128. The largest absolute Gasteiger partial charge is 0.396 e. The highest BCUT2D eigenvalue weighted by molar-refractivity contribution is 5.11. The molecule has 0 fully saturated rings. The van der Waals surface area contributed by atoms with Crippen molar-refractivity contribution < 1.29 is 13.2 Å². The van der Waals surface area contributed by atoms with E-state index in [9.17, 15) is 13.2 Å². The van der Waals surface area contributed by atoms with Crippen molar-refractivity contribution in [1.82, 2.24) is 15.3 Å². The van der Waals surface area contributed by atoms with Crippen molar-refractivity contribution in [2.45, 2.75) is 52.4 Å². The maximum Gasteiger partial charge on any atom is 0.396 e. The zero-order valence-electron chi connectivity index (χ0n) is 11.0. The van der Waals surface area contributed by atoms with Crippen molar-refractivity contribution >= 4 is 0 Å². The van der Waals surface area contributed by atoms with E-state index in [-0.39, 0.29) is 11.4 Å². The van der Waals surface area contributed by atoms with Gasteiger partial charge >= 0.3 is 6.18 Å². The molecule has 1 aromatic heterocycles. The third-order valence-electron chi connectivity index (χ3n) is 2.11. The Kier molecular flexibility index (Phi) is 4.32. The monoisotopic (exact) mass is 261 g/mol. The summed E-state index contributed by atoms with van der Waals surface area (Å²) in [6.45, 7) is 8.05. The molecule has 1 heterocycles. The van der Waals surface area contributed by atoms with Crippen molar-refractivity contribution in [1.29, 1.82) is 0 Å². The van der Waals surface area contributed by atoms with Gasteiger partial charge in [-0.3, -0.25) is 0 Å². The van der Waals surface area contributed by atoms with Gasteiger partial charge in [-0.2, -0.15) is 13.2 Å². The molecule has 0 atom stereocenters. The maximum atomic E-state index is 12.3. The van der Waals surface area contributed by atoms with E-state index in [1.807, 2.05) is 20.8 Å². The van der Waals surface area contributed by atoms with Crippen molar-refractivity contribution in [2.75, 3.05) is 0 Å². The van der Waals surface area contributed by atoms with Gasteiger partial charge in [0.05, 0.1) is 5.69 Å². The number of nitrogens with zero attached hydrogens (tertiary/aromatic N) is 2. The average molecular weight is 261 g/mol. The molecule has 0 amide bonds. The Bertz CT molecular complexity index is 408. The molecule has 0 aliphatic heterocycles. The van der Waals surface area contributed by atoms with E-state index in [4.69, 9.17) is 0 Å². The number of hydrogen-bond acceptors (Lipinski definition) is 3. The molecule has 102 valence electrons. The van der Waals surface area contributed by atoms with Crippen LogP contribution in [0.5, 0.6) is 0 Å². The second-order valence-corrected chi connectivity index (χ2v) is 5.31. The van der Waals surface area contributed by atoms with E-state index in [0.29, 0.717) is 17.9 Å². The first-order valence-corrected chi connectivity index (χ1v) is 5.70. The molecule has 1 aromatic rings. The lowest BCUT2D eigenvalue weighted by atomic mass is 10.1.